The molecule has 1 nitrogen and oxygen atoms in total. The van der Waals surface area contributed by atoms with E-state index >= 15 is 0 Å². The molecular weight excluding hydrogens is 278 g/mol. The van der Waals surface area contributed by atoms with Gasteiger partial charge in [-0.05, 0) is 50.4 Å². The fourth-order valence-corrected chi connectivity index (χ4v) is 3.79. The van der Waals surface area contributed by atoms with Gasteiger partial charge in [0.05, 0.1) is 0 Å². The Morgan fingerprint density at radius 1 is 1.14 bits per heavy atom. The van der Waals surface area contributed by atoms with E-state index in [2.05, 4.69) is 43.0 Å². The van der Waals surface area contributed by atoms with Crippen LogP contribution in [0.3, 0.4) is 0 Å². The quantitative estimate of drug-likeness (QED) is 0.601. The maximum atomic E-state index is 6.10. The average molecular weight is 306 g/mol. The van der Waals surface area contributed by atoms with Gasteiger partial charge >= 0.3 is 0 Å². The molecule has 0 N–H and O–H groups in total. The lowest BCUT2D eigenvalue weighted by Crippen LogP contribution is -2.48. The summed E-state index contributed by atoms with van der Waals surface area (Å²) < 4.78 is 0. The number of hydrogen-bond acceptors (Lipinski definition) is 1. The van der Waals surface area contributed by atoms with Crippen molar-refractivity contribution in [2.75, 3.05) is 13.1 Å². The molecule has 0 radical (unpaired) electrons. The van der Waals surface area contributed by atoms with Crippen molar-refractivity contribution >= 4 is 11.6 Å². The minimum atomic E-state index is 0.207. The predicted molar refractivity (Wildman–Crippen MR) is 92.9 cm³/mol. The molecule has 1 fully saturated rings. The third kappa shape index (κ3) is 3.90. The van der Waals surface area contributed by atoms with Gasteiger partial charge in [-0.2, -0.15) is 0 Å². The molecule has 0 atom stereocenters. The maximum Gasteiger partial charge on any atom is 0.0463 e. The Bertz CT molecular complexity index is 443. The van der Waals surface area contributed by atoms with Crippen LogP contribution in [0.5, 0.6) is 0 Å². The summed E-state index contributed by atoms with van der Waals surface area (Å²) in [5.41, 5.74) is 1.66. The molecule has 21 heavy (non-hydrogen) atoms. The first kappa shape index (κ1) is 16.6. The highest BCUT2D eigenvalue weighted by molar-refractivity contribution is 6.30. The van der Waals surface area contributed by atoms with E-state index in [9.17, 15) is 0 Å². The molecule has 0 aliphatic heterocycles. The summed E-state index contributed by atoms with van der Waals surface area (Å²) in [5.74, 6) is 0. The van der Waals surface area contributed by atoms with Gasteiger partial charge < -0.3 is 0 Å². The van der Waals surface area contributed by atoms with Gasteiger partial charge in [0.15, 0.2) is 0 Å². The minimum absolute atomic E-state index is 0.207. The summed E-state index contributed by atoms with van der Waals surface area (Å²) in [7, 11) is 0. The molecule has 116 valence electrons. The monoisotopic (exact) mass is 305 g/mol. The molecular formula is C19H28ClN. The van der Waals surface area contributed by atoms with Crippen LogP contribution in [-0.2, 0) is 5.54 Å². The zero-order chi connectivity index (χ0) is 15.1. The molecule has 1 saturated carbocycles. The third-order valence-corrected chi connectivity index (χ3v) is 4.97. The number of halogens is 1. The van der Waals surface area contributed by atoms with Crippen LogP contribution in [0.1, 0.15) is 57.9 Å². The number of hydrogen-bond donors (Lipinski definition) is 0. The van der Waals surface area contributed by atoms with Gasteiger partial charge in [-0.1, -0.05) is 62.1 Å². The second-order valence-corrected chi connectivity index (χ2v) is 6.55. The van der Waals surface area contributed by atoms with Crippen LogP contribution in [-0.4, -0.2) is 18.0 Å². The average Bonchev–Trinajstić information content (AvgIpc) is 2.52. The standard InChI is InChI=1S/C19H28ClN/c1-3-5-16-21(15-4-2)19(13-7-6-8-14-19)17-9-11-18(20)12-10-17/h3,5,9-12H,4,6-8,13-16H2,1-2H3. The highest BCUT2D eigenvalue weighted by Gasteiger charge is 2.38. The number of rotatable bonds is 6. The lowest BCUT2D eigenvalue weighted by Gasteiger charge is -2.47. The van der Waals surface area contributed by atoms with Crippen LogP contribution in [0, 0.1) is 0 Å². The molecule has 0 spiro atoms. The van der Waals surface area contributed by atoms with Crippen LogP contribution in [0.25, 0.3) is 0 Å². The number of allylic oxidation sites excluding steroid dienone is 1. The molecule has 0 unspecified atom stereocenters. The number of benzene rings is 1. The van der Waals surface area contributed by atoms with Crippen LogP contribution < -0.4 is 0 Å². The van der Waals surface area contributed by atoms with Crippen molar-refractivity contribution in [2.45, 2.75) is 57.9 Å². The van der Waals surface area contributed by atoms with Crippen molar-refractivity contribution in [2.24, 2.45) is 0 Å². The Balaban J connectivity index is 2.35. The van der Waals surface area contributed by atoms with Crippen molar-refractivity contribution in [1.29, 1.82) is 0 Å². The molecule has 1 aromatic carbocycles. The van der Waals surface area contributed by atoms with E-state index in [4.69, 9.17) is 11.6 Å². The van der Waals surface area contributed by atoms with Crippen molar-refractivity contribution < 1.29 is 0 Å². The van der Waals surface area contributed by atoms with E-state index in [0.29, 0.717) is 0 Å². The fourth-order valence-electron chi connectivity index (χ4n) is 3.67. The van der Waals surface area contributed by atoms with Crippen molar-refractivity contribution in [1.82, 2.24) is 4.90 Å². The minimum Gasteiger partial charge on any atom is -0.290 e. The van der Waals surface area contributed by atoms with E-state index in [1.807, 2.05) is 12.1 Å². The summed E-state index contributed by atoms with van der Waals surface area (Å²) in [6.45, 7) is 6.60. The molecule has 0 saturated heterocycles. The van der Waals surface area contributed by atoms with Crippen LogP contribution in [0.15, 0.2) is 36.4 Å². The summed E-state index contributed by atoms with van der Waals surface area (Å²) in [4.78, 5) is 2.69. The molecule has 1 aromatic rings. The fraction of sp³-hybridized carbons (Fsp3) is 0.579. The molecule has 0 aromatic heterocycles. The van der Waals surface area contributed by atoms with Crippen molar-refractivity contribution in [3.63, 3.8) is 0 Å². The topological polar surface area (TPSA) is 3.24 Å². The van der Waals surface area contributed by atoms with E-state index in [0.717, 1.165) is 18.1 Å². The van der Waals surface area contributed by atoms with E-state index in [1.54, 1.807) is 0 Å². The van der Waals surface area contributed by atoms with Gasteiger partial charge in [0, 0.05) is 17.1 Å². The first-order valence-electron chi connectivity index (χ1n) is 8.35. The van der Waals surface area contributed by atoms with Gasteiger partial charge in [-0.3, -0.25) is 4.90 Å². The molecule has 1 aliphatic rings. The second kappa shape index (κ2) is 8.00. The molecule has 0 amide bonds. The van der Waals surface area contributed by atoms with E-state index in [1.165, 1.54) is 44.1 Å². The Morgan fingerprint density at radius 3 is 2.38 bits per heavy atom. The van der Waals surface area contributed by atoms with Gasteiger partial charge in [0.1, 0.15) is 0 Å². The third-order valence-electron chi connectivity index (χ3n) is 4.72. The summed E-state index contributed by atoms with van der Waals surface area (Å²) in [6, 6.07) is 8.58. The SMILES string of the molecule is CC=CCN(CCC)C1(c2ccc(Cl)cc2)CCCCC1. The zero-order valence-electron chi connectivity index (χ0n) is 13.4. The molecule has 0 heterocycles. The van der Waals surface area contributed by atoms with Gasteiger partial charge in [0.2, 0.25) is 0 Å². The van der Waals surface area contributed by atoms with Crippen molar-refractivity contribution in [3.8, 4) is 0 Å². The lowest BCUT2D eigenvalue weighted by molar-refractivity contribution is 0.0577. The Hall–Kier alpha value is -0.790. The normalized spacial score (nSPS) is 18.5. The Labute approximate surface area is 135 Å². The smallest absolute Gasteiger partial charge is 0.0463 e. The Kier molecular flexibility index (Phi) is 6.32. The second-order valence-electron chi connectivity index (χ2n) is 6.11. The van der Waals surface area contributed by atoms with Crippen LogP contribution in [0.4, 0.5) is 0 Å². The summed E-state index contributed by atoms with van der Waals surface area (Å²) in [6.07, 6.45) is 12.2. The van der Waals surface area contributed by atoms with Crippen LogP contribution >= 0.6 is 11.6 Å². The predicted octanol–water partition coefficient (Wildman–Crippen LogP) is 5.79. The first-order chi connectivity index (χ1) is 10.2. The largest absolute Gasteiger partial charge is 0.290 e. The van der Waals surface area contributed by atoms with E-state index in [-0.39, 0.29) is 5.54 Å². The highest BCUT2D eigenvalue weighted by atomic mass is 35.5. The molecule has 1 aliphatic carbocycles. The van der Waals surface area contributed by atoms with Crippen molar-refractivity contribution in [3.05, 3.63) is 47.0 Å². The summed E-state index contributed by atoms with van der Waals surface area (Å²) >= 11 is 6.10. The van der Waals surface area contributed by atoms with Gasteiger partial charge in [0.25, 0.3) is 0 Å². The van der Waals surface area contributed by atoms with Gasteiger partial charge in [-0.15, -0.1) is 0 Å². The lowest BCUT2D eigenvalue weighted by atomic mass is 9.75. The maximum absolute atomic E-state index is 6.10. The first-order valence-corrected chi connectivity index (χ1v) is 8.73. The zero-order valence-corrected chi connectivity index (χ0v) is 14.2. The highest BCUT2D eigenvalue weighted by Crippen LogP contribution is 2.42. The molecule has 0 bridgehead atoms. The van der Waals surface area contributed by atoms with Gasteiger partial charge in [-0.25, -0.2) is 0 Å². The Morgan fingerprint density at radius 2 is 1.81 bits per heavy atom. The van der Waals surface area contributed by atoms with E-state index < -0.39 is 0 Å². The molecule has 2 rings (SSSR count). The summed E-state index contributed by atoms with van der Waals surface area (Å²) in [5, 5.41) is 0.834. The van der Waals surface area contributed by atoms with Crippen LogP contribution in [0.2, 0.25) is 5.02 Å². The number of nitrogens with zero attached hydrogens (tertiary/aromatic N) is 1. The molecule has 2 heteroatoms.